The van der Waals surface area contributed by atoms with Crippen LogP contribution in [0.1, 0.15) is 31.7 Å². The van der Waals surface area contributed by atoms with E-state index in [-0.39, 0.29) is 5.41 Å². The molecule has 88 valence electrons. The number of Topliss-reactive ketones (excluding diaryl/α,β-unsaturated/α-hetero) is 1. The van der Waals surface area contributed by atoms with Crippen LogP contribution >= 0.6 is 11.3 Å². The third-order valence-corrected chi connectivity index (χ3v) is 4.51. The fraction of sp³-hybridized carbons (Fsp3) is 0.615. The number of rotatable bonds is 4. The van der Waals surface area contributed by atoms with Gasteiger partial charge in [-0.05, 0) is 54.7 Å². The molecule has 1 aliphatic rings. The summed E-state index contributed by atoms with van der Waals surface area (Å²) in [5.41, 5.74) is 1.13. The Morgan fingerprint density at radius 1 is 1.50 bits per heavy atom. The molecular formula is C13H19NOS. The van der Waals surface area contributed by atoms with Crippen molar-refractivity contribution >= 4 is 17.1 Å². The molecule has 16 heavy (non-hydrogen) atoms. The minimum atomic E-state index is -0.0484. The summed E-state index contributed by atoms with van der Waals surface area (Å²) >= 11 is 1.67. The summed E-state index contributed by atoms with van der Waals surface area (Å²) in [6, 6.07) is 2.06. The molecule has 0 spiro atoms. The maximum Gasteiger partial charge on any atom is 0.143 e. The fourth-order valence-electron chi connectivity index (χ4n) is 2.50. The van der Waals surface area contributed by atoms with Crippen LogP contribution in [0.4, 0.5) is 0 Å². The second-order valence-electron chi connectivity index (χ2n) is 4.62. The first-order valence-electron chi connectivity index (χ1n) is 6.02. The number of hydrogen-bond donors (Lipinski definition) is 1. The van der Waals surface area contributed by atoms with E-state index in [4.69, 9.17) is 0 Å². The molecule has 0 atom stereocenters. The first-order chi connectivity index (χ1) is 7.77. The Morgan fingerprint density at radius 2 is 2.25 bits per heavy atom. The zero-order chi connectivity index (χ0) is 11.4. The number of thiophene rings is 1. The van der Waals surface area contributed by atoms with Gasteiger partial charge in [0.05, 0.1) is 0 Å². The number of nitrogens with one attached hydrogen (secondary N) is 1. The van der Waals surface area contributed by atoms with Crippen molar-refractivity contribution in [3.8, 4) is 0 Å². The van der Waals surface area contributed by atoms with Crippen molar-refractivity contribution in [2.45, 2.75) is 32.6 Å². The molecule has 1 aromatic heterocycles. The highest BCUT2D eigenvalue weighted by Crippen LogP contribution is 2.34. The molecule has 1 saturated heterocycles. The Bertz CT molecular complexity index is 339. The average molecular weight is 237 g/mol. The molecule has 1 aliphatic heterocycles. The van der Waals surface area contributed by atoms with E-state index < -0.39 is 0 Å². The van der Waals surface area contributed by atoms with Crippen molar-refractivity contribution in [3.63, 3.8) is 0 Å². The second-order valence-corrected chi connectivity index (χ2v) is 5.40. The van der Waals surface area contributed by atoms with Gasteiger partial charge in [-0.25, -0.2) is 0 Å². The largest absolute Gasteiger partial charge is 0.317 e. The second kappa shape index (κ2) is 5.11. The molecule has 2 heterocycles. The molecule has 0 bridgehead atoms. The summed E-state index contributed by atoms with van der Waals surface area (Å²) in [6.07, 6.45) is 3.62. The molecule has 1 aromatic rings. The topological polar surface area (TPSA) is 29.1 Å². The van der Waals surface area contributed by atoms with Gasteiger partial charge < -0.3 is 5.32 Å². The van der Waals surface area contributed by atoms with Crippen LogP contribution in [0, 0.1) is 5.41 Å². The standard InChI is InChI=1S/C13H19NOS/c1-2-13(4-6-14-7-5-13)12(15)9-11-3-8-16-10-11/h3,8,10,14H,2,4-7,9H2,1H3. The van der Waals surface area contributed by atoms with Gasteiger partial charge in [0.2, 0.25) is 0 Å². The van der Waals surface area contributed by atoms with Crippen LogP contribution in [-0.2, 0) is 11.2 Å². The van der Waals surface area contributed by atoms with Gasteiger partial charge in [0.1, 0.15) is 5.78 Å². The Hall–Kier alpha value is -0.670. The van der Waals surface area contributed by atoms with Crippen molar-refractivity contribution in [2.75, 3.05) is 13.1 Å². The zero-order valence-electron chi connectivity index (χ0n) is 9.79. The third-order valence-electron chi connectivity index (χ3n) is 3.77. The van der Waals surface area contributed by atoms with E-state index in [0.29, 0.717) is 12.2 Å². The summed E-state index contributed by atoms with van der Waals surface area (Å²) in [4.78, 5) is 12.4. The molecule has 0 aromatic carbocycles. The molecule has 1 N–H and O–H groups in total. The Balaban J connectivity index is 2.06. The van der Waals surface area contributed by atoms with E-state index in [9.17, 15) is 4.79 Å². The lowest BCUT2D eigenvalue weighted by Gasteiger charge is -2.35. The lowest BCUT2D eigenvalue weighted by Crippen LogP contribution is -2.42. The van der Waals surface area contributed by atoms with E-state index in [2.05, 4.69) is 23.7 Å². The van der Waals surface area contributed by atoms with Crippen molar-refractivity contribution < 1.29 is 4.79 Å². The first-order valence-corrected chi connectivity index (χ1v) is 6.96. The summed E-state index contributed by atoms with van der Waals surface area (Å²) in [6.45, 7) is 4.13. The van der Waals surface area contributed by atoms with Crippen LogP contribution in [0.2, 0.25) is 0 Å². The molecule has 0 unspecified atom stereocenters. The predicted octanol–water partition coefficient (Wildman–Crippen LogP) is 2.64. The number of carbonyl (C=O) groups excluding carboxylic acids is 1. The van der Waals surface area contributed by atoms with E-state index in [1.54, 1.807) is 11.3 Å². The highest BCUT2D eigenvalue weighted by Gasteiger charge is 2.36. The number of ketones is 1. The van der Waals surface area contributed by atoms with Gasteiger partial charge >= 0.3 is 0 Å². The van der Waals surface area contributed by atoms with Crippen LogP contribution < -0.4 is 5.32 Å². The first kappa shape index (κ1) is 11.8. The minimum absolute atomic E-state index is 0.0484. The molecule has 2 nitrogen and oxygen atoms in total. The van der Waals surface area contributed by atoms with Crippen molar-refractivity contribution in [1.29, 1.82) is 0 Å². The molecule has 2 rings (SSSR count). The van der Waals surface area contributed by atoms with Crippen molar-refractivity contribution in [2.24, 2.45) is 5.41 Å². The van der Waals surface area contributed by atoms with Crippen LogP contribution in [0.25, 0.3) is 0 Å². The average Bonchev–Trinajstić information content (AvgIpc) is 2.82. The highest BCUT2D eigenvalue weighted by molar-refractivity contribution is 7.07. The maximum atomic E-state index is 12.4. The number of piperidine rings is 1. The van der Waals surface area contributed by atoms with Gasteiger partial charge in [-0.15, -0.1) is 0 Å². The van der Waals surface area contributed by atoms with Crippen LogP contribution in [-0.4, -0.2) is 18.9 Å². The lowest BCUT2D eigenvalue weighted by molar-refractivity contribution is -0.129. The maximum absolute atomic E-state index is 12.4. The summed E-state index contributed by atoms with van der Waals surface area (Å²) in [5.74, 6) is 0.440. The Kier molecular flexibility index (Phi) is 3.77. The summed E-state index contributed by atoms with van der Waals surface area (Å²) in [7, 11) is 0. The third kappa shape index (κ3) is 2.36. The number of hydrogen-bond acceptors (Lipinski definition) is 3. The van der Waals surface area contributed by atoms with Crippen molar-refractivity contribution in [1.82, 2.24) is 5.32 Å². The van der Waals surface area contributed by atoms with Gasteiger partial charge in [0.25, 0.3) is 0 Å². The van der Waals surface area contributed by atoms with Gasteiger partial charge in [-0.3, -0.25) is 4.79 Å². The van der Waals surface area contributed by atoms with Crippen molar-refractivity contribution in [3.05, 3.63) is 22.4 Å². The summed E-state index contributed by atoms with van der Waals surface area (Å²) < 4.78 is 0. The molecule has 3 heteroatoms. The highest BCUT2D eigenvalue weighted by atomic mass is 32.1. The summed E-state index contributed by atoms with van der Waals surface area (Å²) in [5, 5.41) is 7.47. The molecule has 0 saturated carbocycles. The Morgan fingerprint density at radius 3 is 2.81 bits per heavy atom. The van der Waals surface area contributed by atoms with Crippen LogP contribution in [0.3, 0.4) is 0 Å². The van der Waals surface area contributed by atoms with E-state index in [1.807, 2.05) is 5.38 Å². The van der Waals surface area contributed by atoms with Crippen LogP contribution in [0.5, 0.6) is 0 Å². The molecule has 1 fully saturated rings. The fourth-order valence-corrected chi connectivity index (χ4v) is 3.17. The molecule has 0 amide bonds. The quantitative estimate of drug-likeness (QED) is 0.872. The SMILES string of the molecule is CCC1(C(=O)Cc2ccsc2)CCNCC1. The van der Waals surface area contributed by atoms with E-state index in [0.717, 1.165) is 32.4 Å². The Labute approximate surface area is 101 Å². The zero-order valence-corrected chi connectivity index (χ0v) is 10.6. The minimum Gasteiger partial charge on any atom is -0.317 e. The van der Waals surface area contributed by atoms with E-state index in [1.165, 1.54) is 5.56 Å². The van der Waals surface area contributed by atoms with Crippen LogP contribution in [0.15, 0.2) is 16.8 Å². The molecule has 0 aliphatic carbocycles. The van der Waals surface area contributed by atoms with E-state index >= 15 is 0 Å². The monoisotopic (exact) mass is 237 g/mol. The molecule has 0 radical (unpaired) electrons. The predicted molar refractivity (Wildman–Crippen MR) is 67.9 cm³/mol. The van der Waals surface area contributed by atoms with Gasteiger partial charge in [-0.1, -0.05) is 6.92 Å². The lowest BCUT2D eigenvalue weighted by atomic mass is 9.72. The smallest absolute Gasteiger partial charge is 0.143 e. The number of carbonyl (C=O) groups is 1. The van der Waals surface area contributed by atoms with Gasteiger partial charge in [0, 0.05) is 11.8 Å². The molecular weight excluding hydrogens is 218 g/mol. The van der Waals surface area contributed by atoms with Gasteiger partial charge in [0.15, 0.2) is 0 Å². The van der Waals surface area contributed by atoms with Gasteiger partial charge in [-0.2, -0.15) is 11.3 Å². The normalized spacial score (nSPS) is 19.6.